The third-order valence-corrected chi connectivity index (χ3v) is 17.8. The average molecular weight is 1170 g/mol. The molecule has 1 N–H and O–H groups in total. The third kappa shape index (κ3) is 8.56. The van der Waals surface area contributed by atoms with Gasteiger partial charge in [0, 0.05) is 49.6 Å². The molecule has 0 fully saturated rings. The van der Waals surface area contributed by atoms with Crippen LogP contribution in [-0.4, -0.2) is 21.8 Å². The molecule has 18 rings (SSSR count). The standard InChI is InChI=1S/C40H25N.C24H16BrN.C16H10BO2.H2/c1-2-9-29(10-3-1)41-38-16-7-6-13-33(38)34-22-21-28(25-39(34)41)26-17-19-27(20-18-26)30-23-24-37-32-12-5-4-11-31(32)36-15-8-14-35(30)40(36)37;25-19-13-10-17(11-14-19)18-12-15-22-21-8-4-5-9-23(21)26(24(22)16-18)20-6-2-1-3-7-20;18-17-19-15-9-8-13-11-5-2-1-4-10(11)12-6-3-7-14(15)16(12)13;/h1-25H;1-16H;1-9,18H;1H/i;;;1+1. The van der Waals surface area contributed by atoms with Gasteiger partial charge in [-0.15, -0.1) is 0 Å². The minimum atomic E-state index is 0. The molecule has 0 amide bonds. The maximum atomic E-state index is 8.86. The largest absolute Gasteiger partial charge is 0.569 e. The van der Waals surface area contributed by atoms with Crippen molar-refractivity contribution in [2.45, 2.75) is 0 Å². The molecular formula is C80H53BBrN2O2. The molecule has 0 aliphatic heterocycles. The quantitative estimate of drug-likeness (QED) is 0.162. The summed E-state index contributed by atoms with van der Waals surface area (Å²) in [5, 5.41) is 18.9. The summed E-state index contributed by atoms with van der Waals surface area (Å²) in [5.74, 6) is 0.677. The number of nitrogens with zero attached hydrogens (tertiary/aromatic N) is 2. The van der Waals surface area contributed by atoms with Gasteiger partial charge in [0.2, 0.25) is 0 Å². The van der Waals surface area contributed by atoms with Crippen molar-refractivity contribution >= 4 is 88.8 Å². The average Bonchev–Trinajstić information content (AvgIpc) is 2.13. The molecule has 1 radical (unpaired) electrons. The topological polar surface area (TPSA) is 39.3 Å². The Hall–Kier alpha value is -10.5. The van der Waals surface area contributed by atoms with Crippen molar-refractivity contribution in [1.29, 1.82) is 0 Å². The van der Waals surface area contributed by atoms with E-state index in [9.17, 15) is 0 Å². The van der Waals surface area contributed by atoms with Crippen molar-refractivity contribution in [1.82, 2.24) is 9.13 Å². The number of aromatic nitrogens is 2. The van der Waals surface area contributed by atoms with E-state index in [1.807, 2.05) is 18.2 Å². The fourth-order valence-corrected chi connectivity index (χ4v) is 13.8. The van der Waals surface area contributed by atoms with Crippen LogP contribution in [-0.2, 0) is 0 Å². The number of halogens is 1. The van der Waals surface area contributed by atoms with Crippen LogP contribution in [0.1, 0.15) is 1.43 Å². The fourth-order valence-electron chi connectivity index (χ4n) is 13.5. The van der Waals surface area contributed by atoms with Crippen LogP contribution in [0.5, 0.6) is 5.75 Å². The van der Waals surface area contributed by atoms with Gasteiger partial charge in [-0.25, -0.2) is 0 Å². The lowest BCUT2D eigenvalue weighted by molar-refractivity contribution is 0.457. The van der Waals surface area contributed by atoms with Crippen LogP contribution in [0.4, 0.5) is 0 Å². The van der Waals surface area contributed by atoms with Crippen molar-refractivity contribution in [3.63, 3.8) is 0 Å². The van der Waals surface area contributed by atoms with Crippen LogP contribution < -0.4 is 4.65 Å². The van der Waals surface area contributed by atoms with E-state index in [1.165, 1.54) is 149 Å². The lowest BCUT2D eigenvalue weighted by Gasteiger charge is -2.11. The van der Waals surface area contributed by atoms with Gasteiger partial charge in [0.25, 0.3) is 0 Å². The normalized spacial score (nSPS) is 11.6. The van der Waals surface area contributed by atoms with Crippen molar-refractivity contribution < 1.29 is 11.1 Å². The van der Waals surface area contributed by atoms with Crippen LogP contribution in [0.15, 0.2) is 308 Å². The van der Waals surface area contributed by atoms with Gasteiger partial charge in [0.15, 0.2) is 0 Å². The minimum absolute atomic E-state index is 0. The predicted octanol–water partition coefficient (Wildman–Crippen LogP) is 21.8. The highest BCUT2D eigenvalue weighted by atomic mass is 79.9. The predicted molar refractivity (Wildman–Crippen MR) is 367 cm³/mol. The van der Waals surface area contributed by atoms with Gasteiger partial charge in [0.1, 0.15) is 5.75 Å². The van der Waals surface area contributed by atoms with E-state index in [-0.39, 0.29) is 1.43 Å². The van der Waals surface area contributed by atoms with Gasteiger partial charge in [-0.2, -0.15) is 0 Å². The first-order valence-electron chi connectivity index (χ1n) is 29.0. The van der Waals surface area contributed by atoms with Crippen LogP contribution in [0.2, 0.25) is 0 Å². The lowest BCUT2D eigenvalue weighted by Crippen LogP contribution is -2.00. The summed E-state index contributed by atoms with van der Waals surface area (Å²) >= 11 is 3.52. The van der Waals surface area contributed by atoms with E-state index in [2.05, 4.69) is 310 Å². The van der Waals surface area contributed by atoms with E-state index >= 15 is 0 Å². The van der Waals surface area contributed by atoms with Crippen LogP contribution in [0, 0.1) is 0 Å². The van der Waals surface area contributed by atoms with Crippen molar-refractivity contribution in [2.75, 3.05) is 0 Å². The van der Waals surface area contributed by atoms with Gasteiger partial charge in [-0.05, 0) is 155 Å². The Bertz CT molecular complexity index is 5250. The van der Waals surface area contributed by atoms with E-state index < -0.39 is 0 Å². The summed E-state index contributed by atoms with van der Waals surface area (Å²) in [5.41, 5.74) is 25.0. The molecule has 6 heteroatoms. The highest BCUT2D eigenvalue weighted by Crippen LogP contribution is 2.51. The molecule has 405 valence electrons. The first-order valence-corrected chi connectivity index (χ1v) is 29.8. The minimum Gasteiger partial charge on any atom is -0.537 e. The number of fused-ring (bicyclic) bond motifs is 12. The van der Waals surface area contributed by atoms with E-state index in [0.29, 0.717) is 5.75 Å². The van der Waals surface area contributed by atoms with Gasteiger partial charge < -0.3 is 18.8 Å². The van der Waals surface area contributed by atoms with Crippen molar-refractivity contribution in [3.8, 4) is 95.0 Å². The Labute approximate surface area is 508 Å². The molecule has 0 spiro atoms. The molecule has 2 aliphatic rings. The molecular weight excluding hydrogens is 1110 g/mol. The first-order chi connectivity index (χ1) is 42.6. The second kappa shape index (κ2) is 21.3. The van der Waals surface area contributed by atoms with E-state index in [1.54, 1.807) is 0 Å². The first kappa shape index (κ1) is 51.2. The molecule has 2 aromatic heterocycles. The summed E-state index contributed by atoms with van der Waals surface area (Å²) in [6.45, 7) is 0. The number of benzene rings is 14. The number of hydrogen-bond donors (Lipinski definition) is 1. The maximum Gasteiger partial charge on any atom is 0.569 e. The monoisotopic (exact) mass is 1160 g/mol. The molecule has 0 saturated heterocycles. The molecule has 0 unspecified atom stereocenters. The van der Waals surface area contributed by atoms with Gasteiger partial charge in [0.05, 0.1) is 22.1 Å². The fraction of sp³-hybridized carbons (Fsp3) is 0. The summed E-state index contributed by atoms with van der Waals surface area (Å²) in [4.78, 5) is 0. The highest BCUT2D eigenvalue weighted by molar-refractivity contribution is 9.10. The lowest BCUT2D eigenvalue weighted by atomic mass is 9.93. The second-order valence-electron chi connectivity index (χ2n) is 22.0. The third-order valence-electron chi connectivity index (χ3n) is 17.3. The Balaban J connectivity index is 0.000000119. The summed E-state index contributed by atoms with van der Waals surface area (Å²) in [6, 6.07) is 108. The molecule has 2 heterocycles. The van der Waals surface area contributed by atoms with Crippen LogP contribution >= 0.6 is 15.9 Å². The number of rotatable bonds is 7. The summed E-state index contributed by atoms with van der Waals surface area (Å²) < 4.78 is 11.0. The van der Waals surface area contributed by atoms with Crippen LogP contribution in [0.3, 0.4) is 0 Å². The summed E-state index contributed by atoms with van der Waals surface area (Å²) in [6.07, 6.45) is 0. The molecule has 2 aliphatic carbocycles. The van der Waals surface area contributed by atoms with Crippen LogP contribution in [0.25, 0.3) is 154 Å². The highest BCUT2D eigenvalue weighted by Gasteiger charge is 2.24. The van der Waals surface area contributed by atoms with Gasteiger partial charge in [-0.3, -0.25) is 0 Å². The van der Waals surface area contributed by atoms with Crippen molar-refractivity contribution in [3.05, 3.63) is 308 Å². The van der Waals surface area contributed by atoms with Crippen molar-refractivity contribution in [2.24, 2.45) is 0 Å². The zero-order valence-corrected chi connectivity index (χ0v) is 48.2. The maximum absolute atomic E-state index is 8.86. The van der Waals surface area contributed by atoms with Gasteiger partial charge in [-0.1, -0.05) is 253 Å². The Morgan fingerprint density at radius 2 is 0.640 bits per heavy atom. The SMILES string of the molecule is Brc1ccc(-c2ccc3c4ccccc4n(-c4ccccc4)c3c2)cc1.O[B]Oc1ccc2c3c(cccc13)-c1ccccc1-2.[2HH].c1ccc(-n2c3ccccc3c3ccc(-c4ccc(-c5ccc6c7c(cccc57)-c5ccccc5-6)cc4)cc32)cc1. The molecule has 16 aromatic rings. The molecule has 0 saturated carbocycles. The van der Waals surface area contributed by atoms with E-state index in [4.69, 9.17) is 9.68 Å². The van der Waals surface area contributed by atoms with Gasteiger partial charge >= 0.3 is 7.69 Å². The Kier molecular flexibility index (Phi) is 12.7. The number of hydrogen-bond acceptors (Lipinski definition) is 2. The Morgan fingerprint density at radius 3 is 1.15 bits per heavy atom. The smallest absolute Gasteiger partial charge is 0.537 e. The second-order valence-corrected chi connectivity index (χ2v) is 22.9. The summed E-state index contributed by atoms with van der Waals surface area (Å²) in [7, 11) is 0.728. The molecule has 4 nitrogen and oxygen atoms in total. The molecule has 14 aromatic carbocycles. The molecule has 0 bridgehead atoms. The molecule has 86 heavy (non-hydrogen) atoms. The zero-order chi connectivity index (χ0) is 57.2. The molecule has 0 atom stereocenters. The number of para-hydroxylation sites is 4. The Morgan fingerprint density at radius 1 is 0.279 bits per heavy atom. The zero-order valence-electron chi connectivity index (χ0n) is 46.6. The van der Waals surface area contributed by atoms with E-state index in [0.717, 1.165) is 17.5 Å².